The fourth-order valence-corrected chi connectivity index (χ4v) is 0.831. The van der Waals surface area contributed by atoms with E-state index in [2.05, 4.69) is 5.43 Å². The Morgan fingerprint density at radius 2 is 2.00 bits per heavy atom. The second kappa shape index (κ2) is 6.59. The highest BCUT2D eigenvalue weighted by Crippen LogP contribution is 2.14. The maximum atomic E-state index is 8.58. The Hall–Kier alpha value is -2.84. The van der Waals surface area contributed by atoms with Crippen molar-refractivity contribution in [1.82, 2.24) is 0 Å². The number of nitrogen functional groups attached to an aromatic ring is 1. The van der Waals surface area contributed by atoms with Crippen LogP contribution in [0.2, 0.25) is 0 Å². The van der Waals surface area contributed by atoms with Crippen LogP contribution in [0, 0.1) is 32.8 Å². The summed E-state index contributed by atoms with van der Waals surface area (Å²) in [6.07, 6.45) is 0. The molecule has 0 spiro atoms. The molecular formula is C8H7N5O3. The molecule has 0 fully saturated rings. The van der Waals surface area contributed by atoms with Crippen molar-refractivity contribution in [3.8, 4) is 12.1 Å². The summed E-state index contributed by atoms with van der Waals surface area (Å²) in [7, 11) is 0. The maximum Gasteiger partial charge on any atom is 0.291 e. The van der Waals surface area contributed by atoms with Gasteiger partial charge < -0.3 is 10.6 Å². The zero-order valence-corrected chi connectivity index (χ0v) is 7.91. The van der Waals surface area contributed by atoms with Crippen molar-refractivity contribution in [1.29, 1.82) is 10.5 Å². The lowest BCUT2D eigenvalue weighted by atomic mass is 10.1. The highest BCUT2D eigenvalue weighted by atomic mass is 16.9. The Kier molecular flexibility index (Phi) is 5.42. The van der Waals surface area contributed by atoms with Gasteiger partial charge in [0.2, 0.25) is 0 Å². The molecule has 1 rings (SSSR count). The molecule has 0 bridgehead atoms. The molecule has 0 amide bonds. The van der Waals surface area contributed by atoms with Crippen molar-refractivity contribution in [3.05, 3.63) is 39.4 Å². The standard InChI is InChI=1S/C8H6N4.HNO3/c9-4-6-1-2-7(5-10)8(3-6)12-11;2-1(3)4/h1-3,12H,11H2;(H,2,3,4). The quantitative estimate of drug-likeness (QED) is 0.352. The summed E-state index contributed by atoms with van der Waals surface area (Å²) in [6, 6.07) is 8.54. The Balaban J connectivity index is 0.000000487. The number of rotatable bonds is 1. The second-order valence-corrected chi connectivity index (χ2v) is 2.37. The molecule has 0 unspecified atom stereocenters. The summed E-state index contributed by atoms with van der Waals surface area (Å²) in [5.74, 6) is 5.14. The zero-order chi connectivity index (χ0) is 12.6. The van der Waals surface area contributed by atoms with Crippen LogP contribution in [-0.4, -0.2) is 10.3 Å². The smallest absolute Gasteiger partial charge is 0.291 e. The number of nitriles is 2. The van der Waals surface area contributed by atoms with Crippen molar-refractivity contribution >= 4 is 5.69 Å². The fourth-order valence-electron chi connectivity index (χ4n) is 0.831. The van der Waals surface area contributed by atoms with Crippen LogP contribution in [0.1, 0.15) is 11.1 Å². The first-order chi connectivity index (χ1) is 7.54. The first-order valence-corrected chi connectivity index (χ1v) is 3.79. The largest absolute Gasteiger partial charge is 0.328 e. The van der Waals surface area contributed by atoms with Crippen LogP contribution in [0.4, 0.5) is 5.69 Å². The van der Waals surface area contributed by atoms with Crippen LogP contribution in [0.5, 0.6) is 0 Å². The van der Waals surface area contributed by atoms with Crippen LogP contribution < -0.4 is 11.3 Å². The first-order valence-electron chi connectivity index (χ1n) is 3.79. The number of nitrogens with one attached hydrogen (secondary N) is 1. The van der Waals surface area contributed by atoms with E-state index in [9.17, 15) is 0 Å². The molecule has 1 aromatic carbocycles. The highest BCUT2D eigenvalue weighted by Gasteiger charge is 2.00. The van der Waals surface area contributed by atoms with Gasteiger partial charge in [-0.05, 0) is 18.2 Å². The fraction of sp³-hybridized carbons (Fsp3) is 0. The van der Waals surface area contributed by atoms with Crippen LogP contribution in [0.3, 0.4) is 0 Å². The number of nitrogens with zero attached hydrogens (tertiary/aromatic N) is 3. The summed E-state index contributed by atoms with van der Waals surface area (Å²) < 4.78 is 0. The number of benzene rings is 1. The van der Waals surface area contributed by atoms with Gasteiger partial charge in [0.1, 0.15) is 6.07 Å². The van der Waals surface area contributed by atoms with Crippen LogP contribution in [0.15, 0.2) is 18.2 Å². The van der Waals surface area contributed by atoms with Crippen molar-refractivity contribution < 1.29 is 10.3 Å². The summed E-state index contributed by atoms with van der Waals surface area (Å²) in [5.41, 5.74) is 3.72. The molecule has 1 aromatic rings. The lowest BCUT2D eigenvalue weighted by Crippen LogP contribution is -2.08. The van der Waals surface area contributed by atoms with E-state index in [0.29, 0.717) is 16.8 Å². The molecule has 0 aromatic heterocycles. The molecule has 82 valence electrons. The molecule has 0 saturated heterocycles. The average molecular weight is 221 g/mol. The number of hydrogen-bond donors (Lipinski definition) is 3. The minimum Gasteiger partial charge on any atom is -0.328 e. The molecule has 0 heterocycles. The number of hydrogen-bond acceptors (Lipinski definition) is 6. The van der Waals surface area contributed by atoms with Gasteiger partial charge in [-0.3, -0.25) is 5.84 Å². The summed E-state index contributed by atoms with van der Waals surface area (Å²) >= 11 is 0. The number of anilines is 1. The summed E-state index contributed by atoms with van der Waals surface area (Å²) in [5, 5.41) is 30.7. The molecule has 0 radical (unpaired) electrons. The average Bonchev–Trinajstić information content (AvgIpc) is 2.27. The van der Waals surface area contributed by atoms with Crippen molar-refractivity contribution in [2.75, 3.05) is 5.43 Å². The Morgan fingerprint density at radius 1 is 1.44 bits per heavy atom. The molecule has 0 aliphatic heterocycles. The van der Waals surface area contributed by atoms with Crippen molar-refractivity contribution in [2.45, 2.75) is 0 Å². The zero-order valence-electron chi connectivity index (χ0n) is 7.91. The van der Waals surface area contributed by atoms with Gasteiger partial charge in [0, 0.05) is 0 Å². The predicted octanol–water partition coefficient (Wildman–Crippen LogP) is 0.368. The molecule has 0 saturated carbocycles. The van der Waals surface area contributed by atoms with E-state index >= 15 is 0 Å². The second-order valence-electron chi connectivity index (χ2n) is 2.37. The molecule has 0 aliphatic carbocycles. The Morgan fingerprint density at radius 3 is 2.38 bits per heavy atom. The Bertz CT molecular complexity index is 456. The molecule has 16 heavy (non-hydrogen) atoms. The van der Waals surface area contributed by atoms with Gasteiger partial charge in [-0.25, -0.2) is 0 Å². The monoisotopic (exact) mass is 221 g/mol. The van der Waals surface area contributed by atoms with Crippen LogP contribution in [0.25, 0.3) is 0 Å². The lowest BCUT2D eigenvalue weighted by Gasteiger charge is -2.01. The molecule has 8 heteroatoms. The molecule has 0 aliphatic rings. The normalized spacial score (nSPS) is 7.69. The highest BCUT2D eigenvalue weighted by molar-refractivity contribution is 5.59. The first kappa shape index (κ1) is 13.2. The van der Waals surface area contributed by atoms with E-state index in [1.165, 1.54) is 6.07 Å². The SMILES string of the molecule is N#Cc1ccc(C#N)c(NN)c1.O=[N+]([O-])O. The molecule has 8 nitrogen and oxygen atoms in total. The van der Waals surface area contributed by atoms with E-state index < -0.39 is 5.09 Å². The minimum absolute atomic E-state index is 0.427. The molecular weight excluding hydrogens is 214 g/mol. The van der Waals surface area contributed by atoms with Gasteiger partial charge in [-0.15, -0.1) is 10.1 Å². The van der Waals surface area contributed by atoms with Crippen molar-refractivity contribution in [2.24, 2.45) is 5.84 Å². The topological polar surface area (TPSA) is 149 Å². The maximum absolute atomic E-state index is 8.58. The summed E-state index contributed by atoms with van der Waals surface area (Å²) in [4.78, 5) is 8.36. The van der Waals surface area contributed by atoms with Gasteiger partial charge in [-0.1, -0.05) is 0 Å². The van der Waals surface area contributed by atoms with E-state index in [1.807, 2.05) is 12.1 Å². The molecule has 4 N–H and O–H groups in total. The van der Waals surface area contributed by atoms with Gasteiger partial charge in [-0.2, -0.15) is 10.5 Å². The van der Waals surface area contributed by atoms with Gasteiger partial charge in [0.05, 0.1) is 22.9 Å². The minimum atomic E-state index is -1.50. The van der Waals surface area contributed by atoms with Gasteiger partial charge in [0.15, 0.2) is 0 Å². The van der Waals surface area contributed by atoms with Gasteiger partial charge >= 0.3 is 0 Å². The third-order valence-electron chi connectivity index (χ3n) is 1.42. The van der Waals surface area contributed by atoms with E-state index in [1.54, 1.807) is 12.1 Å². The third-order valence-corrected chi connectivity index (χ3v) is 1.42. The lowest BCUT2D eigenvalue weighted by molar-refractivity contribution is -0.742. The Labute approximate surface area is 90.2 Å². The number of hydrazine groups is 1. The predicted molar refractivity (Wildman–Crippen MR) is 52.5 cm³/mol. The van der Waals surface area contributed by atoms with E-state index in [-0.39, 0.29) is 0 Å². The van der Waals surface area contributed by atoms with Crippen LogP contribution >= 0.6 is 0 Å². The van der Waals surface area contributed by atoms with E-state index in [0.717, 1.165) is 0 Å². The molecule has 0 atom stereocenters. The van der Waals surface area contributed by atoms with Gasteiger partial charge in [0.25, 0.3) is 5.09 Å². The third kappa shape index (κ3) is 4.41. The summed E-state index contributed by atoms with van der Waals surface area (Å²) in [6.45, 7) is 0. The number of nitrogens with two attached hydrogens (primary N) is 1. The van der Waals surface area contributed by atoms with E-state index in [4.69, 9.17) is 31.7 Å². The van der Waals surface area contributed by atoms with Crippen LogP contribution in [-0.2, 0) is 0 Å². The van der Waals surface area contributed by atoms with Crippen molar-refractivity contribution in [3.63, 3.8) is 0 Å².